The molecule has 0 aromatic rings. The minimum Gasteiger partial charge on any atom is -0.126 e. The van der Waals surface area contributed by atoms with E-state index in [-0.39, 0.29) is 0 Å². The highest BCUT2D eigenvalue weighted by atomic mass is 35.5. The van der Waals surface area contributed by atoms with E-state index >= 15 is 0 Å². The average Bonchev–Trinajstić information content (AvgIpc) is 2.37. The van der Waals surface area contributed by atoms with Crippen LogP contribution in [0.1, 0.15) is 85.5 Å². The van der Waals surface area contributed by atoms with Gasteiger partial charge in [-0.25, -0.2) is 0 Å². The number of halogens is 1. The SMILES string of the molecule is CCCCC1CCC(CCl)(CC(C)CC(C)C)CC1. The number of rotatable bonds is 8. The predicted octanol–water partition coefficient (Wildman–Crippen LogP) is 6.66. The zero-order valence-corrected chi connectivity index (χ0v) is 14.4. The van der Waals surface area contributed by atoms with Crippen LogP contribution in [0.15, 0.2) is 0 Å². The van der Waals surface area contributed by atoms with Gasteiger partial charge in [0.25, 0.3) is 0 Å². The largest absolute Gasteiger partial charge is 0.126 e. The van der Waals surface area contributed by atoms with Gasteiger partial charge in [0.05, 0.1) is 0 Å². The van der Waals surface area contributed by atoms with Crippen molar-refractivity contribution in [1.82, 2.24) is 0 Å². The molecular weight excluding hydrogens is 252 g/mol. The van der Waals surface area contributed by atoms with E-state index in [1.807, 2.05) is 0 Å². The maximum atomic E-state index is 6.37. The van der Waals surface area contributed by atoms with Crippen LogP contribution < -0.4 is 0 Å². The van der Waals surface area contributed by atoms with Crippen LogP contribution in [0.4, 0.5) is 0 Å². The standard InChI is InChI=1S/C18H35Cl/c1-5-6-7-17-8-10-18(14-19,11-9-17)13-16(4)12-15(2)3/h15-17H,5-14H2,1-4H3. The first-order valence-electron chi connectivity index (χ1n) is 8.57. The molecule has 1 saturated carbocycles. The lowest BCUT2D eigenvalue weighted by Gasteiger charge is -2.41. The molecule has 1 aliphatic carbocycles. The Bertz CT molecular complexity index is 226. The number of hydrogen-bond donors (Lipinski definition) is 0. The van der Waals surface area contributed by atoms with E-state index in [0.29, 0.717) is 5.41 Å². The van der Waals surface area contributed by atoms with Gasteiger partial charge in [0, 0.05) is 5.88 Å². The normalized spacial score (nSPS) is 29.7. The fourth-order valence-corrected chi connectivity index (χ4v) is 4.47. The molecule has 1 fully saturated rings. The number of alkyl halides is 1. The molecule has 0 bridgehead atoms. The lowest BCUT2D eigenvalue weighted by atomic mass is 9.66. The highest BCUT2D eigenvalue weighted by molar-refractivity contribution is 6.18. The highest BCUT2D eigenvalue weighted by Gasteiger charge is 2.35. The van der Waals surface area contributed by atoms with Crippen LogP contribution in [0.5, 0.6) is 0 Å². The van der Waals surface area contributed by atoms with E-state index in [2.05, 4.69) is 27.7 Å². The second kappa shape index (κ2) is 8.55. The average molecular weight is 287 g/mol. The fraction of sp³-hybridized carbons (Fsp3) is 1.00. The molecule has 19 heavy (non-hydrogen) atoms. The van der Waals surface area contributed by atoms with Gasteiger partial charge in [0.2, 0.25) is 0 Å². The molecule has 1 unspecified atom stereocenters. The molecule has 0 saturated heterocycles. The molecule has 0 amide bonds. The number of hydrogen-bond acceptors (Lipinski definition) is 0. The zero-order valence-electron chi connectivity index (χ0n) is 13.7. The van der Waals surface area contributed by atoms with Crippen molar-refractivity contribution >= 4 is 11.6 Å². The monoisotopic (exact) mass is 286 g/mol. The molecule has 0 aromatic carbocycles. The first-order valence-corrected chi connectivity index (χ1v) is 9.10. The first kappa shape index (κ1) is 17.3. The van der Waals surface area contributed by atoms with Crippen LogP contribution in [0.2, 0.25) is 0 Å². The quantitative estimate of drug-likeness (QED) is 0.437. The van der Waals surface area contributed by atoms with Crippen molar-refractivity contribution in [1.29, 1.82) is 0 Å². The molecule has 0 spiro atoms. The third kappa shape index (κ3) is 6.06. The Balaban J connectivity index is 2.41. The van der Waals surface area contributed by atoms with Gasteiger partial charge in [-0.15, -0.1) is 11.6 Å². The second-order valence-corrected chi connectivity index (χ2v) is 7.93. The summed E-state index contributed by atoms with van der Waals surface area (Å²) in [7, 11) is 0. The van der Waals surface area contributed by atoms with E-state index in [4.69, 9.17) is 11.6 Å². The molecule has 1 aliphatic rings. The highest BCUT2D eigenvalue weighted by Crippen LogP contribution is 2.46. The Morgan fingerprint density at radius 3 is 2.26 bits per heavy atom. The first-order chi connectivity index (χ1) is 9.01. The van der Waals surface area contributed by atoms with Crippen LogP contribution in [-0.2, 0) is 0 Å². The van der Waals surface area contributed by atoms with Crippen LogP contribution in [0.25, 0.3) is 0 Å². The minimum absolute atomic E-state index is 0.471. The van der Waals surface area contributed by atoms with Gasteiger partial charge in [-0.1, -0.05) is 47.0 Å². The summed E-state index contributed by atoms with van der Waals surface area (Å²) in [6.45, 7) is 9.41. The van der Waals surface area contributed by atoms with Crippen LogP contribution >= 0.6 is 11.6 Å². The van der Waals surface area contributed by atoms with Gasteiger partial charge in [-0.05, 0) is 61.7 Å². The number of unbranched alkanes of at least 4 members (excludes halogenated alkanes) is 1. The molecule has 114 valence electrons. The van der Waals surface area contributed by atoms with E-state index < -0.39 is 0 Å². The predicted molar refractivity (Wildman–Crippen MR) is 87.9 cm³/mol. The van der Waals surface area contributed by atoms with E-state index in [1.54, 1.807) is 0 Å². The lowest BCUT2D eigenvalue weighted by Crippen LogP contribution is -2.31. The summed E-state index contributed by atoms with van der Waals surface area (Å²) in [5, 5.41) is 0. The van der Waals surface area contributed by atoms with Gasteiger partial charge in [0.15, 0.2) is 0 Å². The molecule has 0 heterocycles. The van der Waals surface area contributed by atoms with Crippen molar-refractivity contribution in [2.75, 3.05) is 5.88 Å². The summed E-state index contributed by atoms with van der Waals surface area (Å²) < 4.78 is 0. The van der Waals surface area contributed by atoms with Gasteiger partial charge >= 0.3 is 0 Å². The molecule has 1 heteroatoms. The van der Waals surface area contributed by atoms with Gasteiger partial charge in [0.1, 0.15) is 0 Å². The Kier molecular flexibility index (Phi) is 7.80. The molecule has 0 aromatic heterocycles. The fourth-order valence-electron chi connectivity index (χ4n) is 4.09. The molecule has 0 radical (unpaired) electrons. The second-order valence-electron chi connectivity index (χ2n) is 7.66. The smallest absolute Gasteiger partial charge is 0.0280 e. The van der Waals surface area contributed by atoms with Crippen molar-refractivity contribution in [3.63, 3.8) is 0 Å². The molecule has 1 atom stereocenters. The van der Waals surface area contributed by atoms with Crippen molar-refractivity contribution < 1.29 is 0 Å². The Labute approximate surface area is 126 Å². The van der Waals surface area contributed by atoms with Gasteiger partial charge in [-0.2, -0.15) is 0 Å². The molecule has 0 aliphatic heterocycles. The van der Waals surface area contributed by atoms with E-state index in [1.165, 1.54) is 57.8 Å². The molecule has 0 nitrogen and oxygen atoms in total. The van der Waals surface area contributed by atoms with Crippen LogP contribution in [0, 0.1) is 23.2 Å². The molecule has 1 rings (SSSR count). The van der Waals surface area contributed by atoms with E-state index in [9.17, 15) is 0 Å². The molecule has 0 N–H and O–H groups in total. The minimum atomic E-state index is 0.471. The van der Waals surface area contributed by atoms with Crippen LogP contribution in [-0.4, -0.2) is 5.88 Å². The summed E-state index contributed by atoms with van der Waals surface area (Å²) in [5.41, 5.74) is 0.471. The zero-order chi connectivity index (χ0) is 14.3. The van der Waals surface area contributed by atoms with Crippen molar-refractivity contribution in [2.24, 2.45) is 23.2 Å². The van der Waals surface area contributed by atoms with E-state index in [0.717, 1.165) is 23.6 Å². The van der Waals surface area contributed by atoms with Crippen molar-refractivity contribution in [3.8, 4) is 0 Å². The maximum Gasteiger partial charge on any atom is 0.0280 e. The summed E-state index contributed by atoms with van der Waals surface area (Å²) in [6.07, 6.45) is 12.6. The van der Waals surface area contributed by atoms with Crippen molar-refractivity contribution in [2.45, 2.75) is 85.5 Å². The van der Waals surface area contributed by atoms with Gasteiger partial charge in [-0.3, -0.25) is 0 Å². The third-order valence-electron chi connectivity index (χ3n) is 5.07. The lowest BCUT2D eigenvalue weighted by molar-refractivity contribution is 0.129. The maximum absolute atomic E-state index is 6.37. The summed E-state index contributed by atoms with van der Waals surface area (Å²) in [6, 6.07) is 0. The Morgan fingerprint density at radius 1 is 1.16 bits per heavy atom. The summed E-state index contributed by atoms with van der Waals surface area (Å²) >= 11 is 6.37. The third-order valence-corrected chi connectivity index (χ3v) is 5.64. The Morgan fingerprint density at radius 2 is 1.79 bits per heavy atom. The summed E-state index contributed by atoms with van der Waals surface area (Å²) in [5.74, 6) is 3.54. The van der Waals surface area contributed by atoms with Crippen molar-refractivity contribution in [3.05, 3.63) is 0 Å². The Hall–Kier alpha value is 0.290. The topological polar surface area (TPSA) is 0 Å². The molecular formula is C18H35Cl. The summed E-state index contributed by atoms with van der Waals surface area (Å²) in [4.78, 5) is 0. The van der Waals surface area contributed by atoms with Gasteiger partial charge < -0.3 is 0 Å². The van der Waals surface area contributed by atoms with Crippen LogP contribution in [0.3, 0.4) is 0 Å².